The number of benzene rings is 2. The zero-order valence-electron chi connectivity index (χ0n) is 27.2. The standard InChI is InChI=1S/C38H35N9O3/c48-38-29(23-45(25-32-9-1-5-17-39-32)26-33-10-2-6-18-40-33)21-36(44-43-31-13-15-37(16-14-31)47(49)50)22-30(38)24-46(27-34-11-3-7-19-41-34)28-35-12-4-8-20-42-35/h1-22,48H,23-28H2. The van der Waals surface area contributed by atoms with Gasteiger partial charge in [0.25, 0.3) is 5.69 Å². The van der Waals surface area contributed by atoms with Crippen molar-refractivity contribution in [3.8, 4) is 5.75 Å². The maximum atomic E-state index is 11.9. The van der Waals surface area contributed by atoms with E-state index in [9.17, 15) is 15.2 Å². The fourth-order valence-electron chi connectivity index (χ4n) is 5.50. The van der Waals surface area contributed by atoms with E-state index in [1.807, 2.05) is 84.9 Å². The molecular weight excluding hydrogens is 630 g/mol. The van der Waals surface area contributed by atoms with Gasteiger partial charge in [-0.05, 0) is 72.8 Å². The van der Waals surface area contributed by atoms with Gasteiger partial charge in [-0.2, -0.15) is 10.2 Å². The second-order valence-corrected chi connectivity index (χ2v) is 11.7. The van der Waals surface area contributed by atoms with Crippen molar-refractivity contribution in [1.82, 2.24) is 29.7 Å². The van der Waals surface area contributed by atoms with Gasteiger partial charge in [0.05, 0.1) is 39.1 Å². The summed E-state index contributed by atoms with van der Waals surface area (Å²) in [5.41, 5.74) is 5.81. The molecule has 0 fully saturated rings. The zero-order valence-corrected chi connectivity index (χ0v) is 27.2. The summed E-state index contributed by atoms with van der Waals surface area (Å²) in [4.78, 5) is 33.2. The summed E-state index contributed by atoms with van der Waals surface area (Å²) in [6.45, 7) is 2.82. The molecule has 4 aromatic heterocycles. The van der Waals surface area contributed by atoms with Crippen molar-refractivity contribution < 1.29 is 10.0 Å². The highest BCUT2D eigenvalue weighted by Crippen LogP contribution is 2.33. The number of aromatic hydroxyl groups is 1. The second-order valence-electron chi connectivity index (χ2n) is 11.7. The lowest BCUT2D eigenvalue weighted by Crippen LogP contribution is -2.25. The number of non-ortho nitro benzene ring substituents is 1. The van der Waals surface area contributed by atoms with Crippen LogP contribution >= 0.6 is 0 Å². The Labute approximate surface area is 289 Å². The molecule has 0 radical (unpaired) electrons. The molecule has 250 valence electrons. The number of rotatable bonds is 15. The Morgan fingerprint density at radius 3 is 1.26 bits per heavy atom. The SMILES string of the molecule is O=[N+]([O-])c1ccc(N=Nc2cc(CN(Cc3ccccn3)Cc3ccccn3)c(O)c(CN(Cc3ccccn3)Cc3ccccn3)c2)cc1. The van der Waals surface area contributed by atoms with Crippen molar-refractivity contribution in [2.75, 3.05) is 0 Å². The van der Waals surface area contributed by atoms with Crippen LogP contribution in [0.5, 0.6) is 5.75 Å². The van der Waals surface area contributed by atoms with Gasteiger partial charge in [0.1, 0.15) is 5.75 Å². The van der Waals surface area contributed by atoms with Crippen molar-refractivity contribution in [2.45, 2.75) is 39.3 Å². The molecule has 0 amide bonds. The number of aromatic nitrogens is 4. The van der Waals surface area contributed by atoms with Crippen LogP contribution in [0.15, 0.2) is 144 Å². The van der Waals surface area contributed by atoms with E-state index >= 15 is 0 Å². The average molecular weight is 666 g/mol. The maximum Gasteiger partial charge on any atom is 0.269 e. The lowest BCUT2D eigenvalue weighted by Gasteiger charge is -2.25. The third-order valence-electron chi connectivity index (χ3n) is 7.83. The predicted molar refractivity (Wildman–Crippen MR) is 188 cm³/mol. The molecule has 6 rings (SSSR count). The van der Waals surface area contributed by atoms with Gasteiger partial charge in [-0.3, -0.25) is 39.9 Å². The number of nitro benzene ring substituents is 1. The van der Waals surface area contributed by atoms with Gasteiger partial charge in [0, 0.05) is 87.3 Å². The quantitative estimate of drug-likeness (QED) is 0.0662. The first-order valence-electron chi connectivity index (χ1n) is 16.0. The molecule has 0 aliphatic heterocycles. The van der Waals surface area contributed by atoms with Gasteiger partial charge in [-0.25, -0.2) is 0 Å². The number of nitro groups is 1. The molecule has 0 aliphatic rings. The van der Waals surface area contributed by atoms with E-state index < -0.39 is 4.92 Å². The van der Waals surface area contributed by atoms with Gasteiger partial charge in [-0.15, -0.1) is 0 Å². The molecular formula is C38H35N9O3. The summed E-state index contributed by atoms with van der Waals surface area (Å²) in [5.74, 6) is 0.151. The summed E-state index contributed by atoms with van der Waals surface area (Å²) in [5, 5.41) is 31.9. The molecule has 0 saturated heterocycles. The molecule has 0 atom stereocenters. The lowest BCUT2D eigenvalue weighted by molar-refractivity contribution is -0.384. The number of phenols is 1. The van der Waals surface area contributed by atoms with E-state index in [2.05, 4.69) is 40.0 Å². The van der Waals surface area contributed by atoms with Crippen LogP contribution in [0, 0.1) is 10.1 Å². The number of phenolic OH excluding ortho intramolecular Hbond substituents is 1. The predicted octanol–water partition coefficient (Wildman–Crippen LogP) is 7.70. The number of hydrogen-bond acceptors (Lipinski definition) is 11. The smallest absolute Gasteiger partial charge is 0.269 e. The minimum absolute atomic E-state index is 0.0278. The summed E-state index contributed by atoms with van der Waals surface area (Å²) in [6.07, 6.45) is 7.06. The second kappa shape index (κ2) is 16.7. The van der Waals surface area contributed by atoms with Crippen molar-refractivity contribution in [2.24, 2.45) is 10.2 Å². The van der Waals surface area contributed by atoms with Gasteiger partial charge in [0.15, 0.2) is 0 Å². The highest BCUT2D eigenvalue weighted by atomic mass is 16.6. The normalized spacial score (nSPS) is 11.4. The maximum absolute atomic E-state index is 11.9. The summed E-state index contributed by atoms with van der Waals surface area (Å²) >= 11 is 0. The van der Waals surface area contributed by atoms with E-state index in [4.69, 9.17) is 0 Å². The van der Waals surface area contributed by atoms with Crippen molar-refractivity contribution in [3.63, 3.8) is 0 Å². The van der Waals surface area contributed by atoms with Crippen LogP contribution in [0.2, 0.25) is 0 Å². The summed E-state index contributed by atoms with van der Waals surface area (Å²) < 4.78 is 0. The fourth-order valence-corrected chi connectivity index (χ4v) is 5.50. The molecule has 0 bridgehead atoms. The van der Waals surface area contributed by atoms with Crippen LogP contribution < -0.4 is 0 Å². The number of nitrogens with zero attached hydrogens (tertiary/aromatic N) is 9. The van der Waals surface area contributed by atoms with Crippen LogP contribution in [0.3, 0.4) is 0 Å². The largest absolute Gasteiger partial charge is 0.507 e. The summed E-state index contributed by atoms with van der Waals surface area (Å²) in [7, 11) is 0. The van der Waals surface area contributed by atoms with Gasteiger partial charge >= 0.3 is 0 Å². The first kappa shape index (κ1) is 33.7. The first-order valence-corrected chi connectivity index (χ1v) is 16.0. The number of hydrogen-bond donors (Lipinski definition) is 1. The van der Waals surface area contributed by atoms with E-state index in [1.54, 1.807) is 36.9 Å². The van der Waals surface area contributed by atoms with E-state index in [1.165, 1.54) is 12.1 Å². The Bertz CT molecular complexity index is 1810. The minimum Gasteiger partial charge on any atom is -0.507 e. The Morgan fingerprint density at radius 2 is 0.920 bits per heavy atom. The van der Waals surface area contributed by atoms with Crippen LogP contribution in [-0.2, 0) is 39.3 Å². The molecule has 12 nitrogen and oxygen atoms in total. The Kier molecular flexibility index (Phi) is 11.3. The molecule has 50 heavy (non-hydrogen) atoms. The summed E-state index contributed by atoms with van der Waals surface area (Å²) in [6, 6.07) is 32.7. The molecule has 12 heteroatoms. The number of pyridine rings is 4. The highest BCUT2D eigenvalue weighted by Gasteiger charge is 2.19. The van der Waals surface area contributed by atoms with E-state index in [-0.39, 0.29) is 11.4 Å². The Balaban J connectivity index is 1.36. The fraction of sp³-hybridized carbons (Fsp3) is 0.158. The van der Waals surface area contributed by atoms with Crippen LogP contribution in [0.25, 0.3) is 0 Å². The van der Waals surface area contributed by atoms with Crippen LogP contribution in [0.4, 0.5) is 17.1 Å². The number of azo groups is 1. The van der Waals surface area contributed by atoms with Gasteiger partial charge in [-0.1, -0.05) is 24.3 Å². The van der Waals surface area contributed by atoms with E-state index in [0.717, 1.165) is 22.8 Å². The topological polar surface area (TPSA) is 146 Å². The van der Waals surface area contributed by atoms with Gasteiger partial charge in [0.2, 0.25) is 0 Å². The molecule has 2 aromatic carbocycles. The molecule has 0 spiro atoms. The molecule has 0 saturated carbocycles. The van der Waals surface area contributed by atoms with Crippen molar-refractivity contribution >= 4 is 17.1 Å². The van der Waals surface area contributed by atoms with Crippen LogP contribution in [-0.4, -0.2) is 39.8 Å². The molecule has 1 N–H and O–H groups in total. The van der Waals surface area contributed by atoms with Crippen molar-refractivity contribution in [3.05, 3.63) is 178 Å². The van der Waals surface area contributed by atoms with Crippen LogP contribution in [0.1, 0.15) is 33.9 Å². The Morgan fingerprint density at radius 1 is 0.540 bits per heavy atom. The average Bonchev–Trinajstić information content (AvgIpc) is 3.14. The minimum atomic E-state index is -0.456. The molecule has 4 heterocycles. The van der Waals surface area contributed by atoms with Crippen molar-refractivity contribution in [1.29, 1.82) is 0 Å². The Hall–Kier alpha value is -6.24. The third kappa shape index (κ3) is 9.66. The third-order valence-corrected chi connectivity index (χ3v) is 7.83. The van der Waals surface area contributed by atoms with Gasteiger partial charge < -0.3 is 5.11 Å². The lowest BCUT2D eigenvalue weighted by atomic mass is 10.0. The first-order chi connectivity index (χ1) is 24.5. The molecule has 6 aromatic rings. The van der Waals surface area contributed by atoms with E-state index in [0.29, 0.717) is 61.8 Å². The monoisotopic (exact) mass is 665 g/mol. The molecule has 0 unspecified atom stereocenters. The zero-order chi connectivity index (χ0) is 34.5. The highest BCUT2D eigenvalue weighted by molar-refractivity contribution is 5.53. The molecule has 0 aliphatic carbocycles.